The maximum atomic E-state index is 12.9. The quantitative estimate of drug-likeness (QED) is 0.228. The number of nitrogens with zero attached hydrogens (tertiary/aromatic N) is 1. The maximum absolute atomic E-state index is 12.9. The van der Waals surface area contributed by atoms with Gasteiger partial charge in [0.15, 0.2) is 11.5 Å². The number of methoxy groups -OCH3 is 3. The summed E-state index contributed by atoms with van der Waals surface area (Å²) in [6.45, 7) is 3.09. The lowest BCUT2D eigenvalue weighted by Gasteiger charge is -2.17. The van der Waals surface area contributed by atoms with E-state index in [4.69, 9.17) is 30.5 Å². The van der Waals surface area contributed by atoms with Crippen molar-refractivity contribution in [3.05, 3.63) is 56.6 Å². The van der Waals surface area contributed by atoms with E-state index >= 15 is 0 Å². The number of nitro benzene ring substituents is 1. The van der Waals surface area contributed by atoms with Crippen molar-refractivity contribution >= 4 is 23.3 Å². The Morgan fingerprint density at radius 3 is 2.31 bits per heavy atom. The number of hydrogen-bond acceptors (Lipinski definition) is 9. The molecule has 0 aromatic heterocycles. The van der Waals surface area contributed by atoms with Crippen LogP contribution in [0, 0.1) is 10.1 Å². The van der Waals surface area contributed by atoms with Crippen LogP contribution < -0.4 is 14.2 Å². The second kappa shape index (κ2) is 10.6. The molecule has 0 amide bonds. The van der Waals surface area contributed by atoms with Crippen molar-refractivity contribution in [2.75, 3.05) is 21.3 Å². The molecule has 10 nitrogen and oxygen atoms in total. The molecule has 172 valence electrons. The second-order valence-corrected chi connectivity index (χ2v) is 6.76. The van der Waals surface area contributed by atoms with Crippen LogP contribution in [0.4, 0.5) is 5.69 Å². The molecule has 0 saturated heterocycles. The van der Waals surface area contributed by atoms with Crippen LogP contribution in [0.1, 0.15) is 27.9 Å². The molecule has 11 heteroatoms. The van der Waals surface area contributed by atoms with Gasteiger partial charge in [0.1, 0.15) is 23.7 Å². The number of benzene rings is 2. The number of allylic oxidation sites excluding steroid dienone is 1. The number of carbonyl (C=O) groups is 1. The van der Waals surface area contributed by atoms with Gasteiger partial charge in [-0.15, -0.1) is 6.58 Å². The predicted octanol–water partition coefficient (Wildman–Crippen LogP) is 4.16. The Hall–Kier alpha value is -3.66. The molecule has 0 bridgehead atoms. The number of carbonyl (C=O) groups excluding carboxylic acids is 1. The molecule has 2 aromatic carbocycles. The number of hydrogen-bond donors (Lipinski definition) is 2. The summed E-state index contributed by atoms with van der Waals surface area (Å²) in [5.41, 5.74) is -0.445. The van der Waals surface area contributed by atoms with Crippen LogP contribution in [0.3, 0.4) is 0 Å². The fraction of sp³-hybridized carbons (Fsp3) is 0.286. The molecular formula is C21H22ClNO9. The molecule has 0 fully saturated rings. The van der Waals surface area contributed by atoms with E-state index in [-0.39, 0.29) is 45.4 Å². The Balaban J connectivity index is 2.52. The highest BCUT2D eigenvalue weighted by Gasteiger charge is 2.29. The minimum absolute atomic E-state index is 0.0354. The number of aromatic hydroxyl groups is 2. The lowest BCUT2D eigenvalue weighted by Crippen LogP contribution is -2.11. The number of rotatable bonds is 10. The minimum Gasteiger partial charge on any atom is -0.507 e. The van der Waals surface area contributed by atoms with Crippen molar-refractivity contribution in [3.8, 4) is 28.7 Å². The molecule has 0 aliphatic rings. The van der Waals surface area contributed by atoms with Crippen molar-refractivity contribution < 1.29 is 38.9 Å². The fourth-order valence-corrected chi connectivity index (χ4v) is 3.38. The van der Waals surface area contributed by atoms with Crippen LogP contribution in [0.2, 0.25) is 5.02 Å². The SMILES string of the molecule is C=CCCc1c(Cl)c(O)cc(O)c1C(=O)OCc1c(OC)c(OC)cc([N+](=O)[O-])c1OC. The number of ether oxygens (including phenoxy) is 4. The zero-order chi connectivity index (χ0) is 24.0. The zero-order valence-electron chi connectivity index (χ0n) is 17.6. The Bertz CT molecular complexity index is 1050. The third-order valence-electron chi connectivity index (χ3n) is 4.57. The van der Waals surface area contributed by atoms with Gasteiger partial charge in [0.25, 0.3) is 0 Å². The summed E-state index contributed by atoms with van der Waals surface area (Å²) in [6.07, 6.45) is 2.19. The summed E-state index contributed by atoms with van der Waals surface area (Å²) >= 11 is 6.12. The van der Waals surface area contributed by atoms with Gasteiger partial charge in [-0.1, -0.05) is 17.7 Å². The first-order chi connectivity index (χ1) is 15.2. The Morgan fingerprint density at radius 1 is 1.12 bits per heavy atom. The third-order valence-corrected chi connectivity index (χ3v) is 4.99. The van der Waals surface area contributed by atoms with E-state index in [9.17, 15) is 25.1 Å². The van der Waals surface area contributed by atoms with Gasteiger partial charge < -0.3 is 29.2 Å². The molecule has 0 atom stereocenters. The summed E-state index contributed by atoms with van der Waals surface area (Å²) < 4.78 is 20.9. The smallest absolute Gasteiger partial charge is 0.342 e. The van der Waals surface area contributed by atoms with Crippen LogP contribution in [-0.2, 0) is 17.8 Å². The second-order valence-electron chi connectivity index (χ2n) is 6.39. The van der Waals surface area contributed by atoms with Crippen molar-refractivity contribution in [1.29, 1.82) is 0 Å². The minimum atomic E-state index is -0.974. The molecule has 0 saturated carbocycles. The molecule has 0 radical (unpaired) electrons. The van der Waals surface area contributed by atoms with E-state index in [1.165, 1.54) is 21.3 Å². The molecule has 0 aliphatic heterocycles. The zero-order valence-corrected chi connectivity index (χ0v) is 18.4. The summed E-state index contributed by atoms with van der Waals surface area (Å²) in [4.78, 5) is 23.6. The Morgan fingerprint density at radius 2 is 1.78 bits per heavy atom. The van der Waals surface area contributed by atoms with Crippen LogP contribution in [0.5, 0.6) is 28.7 Å². The van der Waals surface area contributed by atoms with Crippen LogP contribution >= 0.6 is 11.6 Å². The molecular weight excluding hydrogens is 446 g/mol. The van der Waals surface area contributed by atoms with Gasteiger partial charge in [-0.2, -0.15) is 0 Å². The van der Waals surface area contributed by atoms with Crippen molar-refractivity contribution in [1.82, 2.24) is 0 Å². The van der Waals surface area contributed by atoms with E-state index < -0.39 is 34.7 Å². The van der Waals surface area contributed by atoms with Gasteiger partial charge in [-0.25, -0.2) is 4.79 Å². The Kier molecular flexibility index (Phi) is 8.14. The predicted molar refractivity (Wildman–Crippen MR) is 115 cm³/mol. The lowest BCUT2D eigenvalue weighted by molar-refractivity contribution is -0.385. The van der Waals surface area contributed by atoms with Crippen molar-refractivity contribution in [2.45, 2.75) is 19.4 Å². The number of phenols is 2. The van der Waals surface area contributed by atoms with Crippen LogP contribution in [0.25, 0.3) is 0 Å². The molecule has 32 heavy (non-hydrogen) atoms. The third kappa shape index (κ3) is 4.80. The number of nitro groups is 1. The highest BCUT2D eigenvalue weighted by Crippen LogP contribution is 2.45. The summed E-state index contributed by atoms with van der Waals surface area (Å²) in [6, 6.07) is 2.05. The van der Waals surface area contributed by atoms with Gasteiger partial charge in [0, 0.05) is 6.07 Å². The van der Waals surface area contributed by atoms with Gasteiger partial charge in [-0.3, -0.25) is 10.1 Å². The van der Waals surface area contributed by atoms with Crippen LogP contribution in [-0.4, -0.2) is 42.4 Å². The van der Waals surface area contributed by atoms with Crippen molar-refractivity contribution in [2.24, 2.45) is 0 Å². The van der Waals surface area contributed by atoms with Gasteiger partial charge in [-0.05, 0) is 18.4 Å². The first-order valence-corrected chi connectivity index (χ1v) is 9.57. The van der Waals surface area contributed by atoms with E-state index in [2.05, 4.69) is 6.58 Å². The highest BCUT2D eigenvalue weighted by atomic mass is 35.5. The van der Waals surface area contributed by atoms with Gasteiger partial charge in [0.05, 0.1) is 42.9 Å². The Labute approximate surface area is 188 Å². The maximum Gasteiger partial charge on any atom is 0.342 e. The molecule has 0 spiro atoms. The molecule has 0 heterocycles. The van der Waals surface area contributed by atoms with E-state index in [1.807, 2.05) is 0 Å². The fourth-order valence-electron chi connectivity index (χ4n) is 3.13. The highest BCUT2D eigenvalue weighted by molar-refractivity contribution is 6.33. The lowest BCUT2D eigenvalue weighted by atomic mass is 10.0. The molecule has 2 aromatic rings. The molecule has 2 N–H and O–H groups in total. The largest absolute Gasteiger partial charge is 0.507 e. The number of esters is 1. The molecule has 2 rings (SSSR count). The average Bonchev–Trinajstić information content (AvgIpc) is 2.77. The number of phenolic OH excluding ortho intramolecular Hbond substituents is 2. The first kappa shape index (κ1) is 24.6. The van der Waals surface area contributed by atoms with E-state index in [1.54, 1.807) is 6.08 Å². The summed E-state index contributed by atoms with van der Waals surface area (Å²) in [5.74, 6) is -1.98. The molecule has 0 aliphatic carbocycles. The van der Waals surface area contributed by atoms with Gasteiger partial charge in [0.2, 0.25) is 5.75 Å². The summed E-state index contributed by atoms with van der Waals surface area (Å²) in [5, 5.41) is 31.5. The van der Waals surface area contributed by atoms with Crippen molar-refractivity contribution in [3.63, 3.8) is 0 Å². The molecule has 0 unspecified atom stereocenters. The van der Waals surface area contributed by atoms with Gasteiger partial charge >= 0.3 is 11.7 Å². The average molecular weight is 468 g/mol. The number of halogens is 1. The summed E-state index contributed by atoms with van der Waals surface area (Å²) in [7, 11) is 3.83. The van der Waals surface area contributed by atoms with Crippen LogP contribution in [0.15, 0.2) is 24.8 Å². The first-order valence-electron chi connectivity index (χ1n) is 9.19. The standard InChI is InChI=1S/C21H22ClNO9/c1-5-6-7-11-17(14(24)9-15(25)18(11)22)21(26)32-10-12-19(30-3)13(23(27)28)8-16(29-2)20(12)31-4/h5,8-9,24-25H,1,6-7,10H2,2-4H3. The van der Waals surface area contributed by atoms with E-state index in [0.717, 1.165) is 12.1 Å². The monoisotopic (exact) mass is 467 g/mol. The normalized spacial score (nSPS) is 10.4. The topological polar surface area (TPSA) is 138 Å². The van der Waals surface area contributed by atoms with E-state index in [0.29, 0.717) is 6.42 Å².